The molecule has 1 nitrogen and oxygen atoms in total. The maximum absolute atomic E-state index is 4.68. The molecule has 0 saturated heterocycles. The van der Waals surface area contributed by atoms with Gasteiger partial charge >= 0.3 is 0 Å². The van der Waals surface area contributed by atoms with Gasteiger partial charge in [0.1, 0.15) is 0 Å². The lowest BCUT2D eigenvalue weighted by Gasteiger charge is -2.08. The first kappa shape index (κ1) is 11.0. The summed E-state index contributed by atoms with van der Waals surface area (Å²) in [5.74, 6) is 0. The van der Waals surface area contributed by atoms with E-state index in [1.165, 1.54) is 22.1 Å². The van der Waals surface area contributed by atoms with Gasteiger partial charge in [-0.05, 0) is 31.5 Å². The first-order valence-electron chi connectivity index (χ1n) is 6.17. The van der Waals surface area contributed by atoms with Crippen molar-refractivity contribution in [3.8, 4) is 11.1 Å². The highest BCUT2D eigenvalue weighted by atomic mass is 14.7. The maximum atomic E-state index is 4.68. The number of pyridine rings is 1. The lowest BCUT2D eigenvalue weighted by molar-refractivity contribution is 1.25. The van der Waals surface area contributed by atoms with Gasteiger partial charge < -0.3 is 0 Å². The van der Waals surface area contributed by atoms with Crippen molar-refractivity contribution >= 4 is 10.9 Å². The van der Waals surface area contributed by atoms with Gasteiger partial charge in [-0.25, -0.2) is 0 Å². The fourth-order valence-electron chi connectivity index (χ4n) is 2.32. The molecule has 0 N–H and O–H groups in total. The van der Waals surface area contributed by atoms with Crippen LogP contribution in [0.25, 0.3) is 22.0 Å². The van der Waals surface area contributed by atoms with E-state index in [2.05, 4.69) is 67.4 Å². The van der Waals surface area contributed by atoms with Crippen LogP contribution in [0.1, 0.15) is 11.3 Å². The van der Waals surface area contributed by atoms with E-state index in [-0.39, 0.29) is 0 Å². The monoisotopic (exact) mass is 233 g/mol. The standard InChI is InChI=1S/C17H15N/c1-12-6-5-8-14(10-12)16-11-15-7-3-4-9-17(15)18-13(16)2/h3-11H,1-2H3. The second kappa shape index (κ2) is 4.26. The first-order chi connectivity index (χ1) is 8.74. The van der Waals surface area contributed by atoms with Crippen molar-refractivity contribution in [2.75, 3.05) is 0 Å². The summed E-state index contributed by atoms with van der Waals surface area (Å²) < 4.78 is 0. The Morgan fingerprint density at radius 1 is 0.833 bits per heavy atom. The van der Waals surface area contributed by atoms with Crippen LogP contribution in [-0.2, 0) is 0 Å². The Morgan fingerprint density at radius 2 is 1.67 bits per heavy atom. The van der Waals surface area contributed by atoms with E-state index in [4.69, 9.17) is 0 Å². The Morgan fingerprint density at radius 3 is 2.50 bits per heavy atom. The molecule has 18 heavy (non-hydrogen) atoms. The van der Waals surface area contributed by atoms with Gasteiger partial charge in [-0.1, -0.05) is 48.0 Å². The molecule has 1 heterocycles. The average Bonchev–Trinajstić information content (AvgIpc) is 2.38. The summed E-state index contributed by atoms with van der Waals surface area (Å²) in [5, 5.41) is 1.19. The Bertz CT molecular complexity index is 714. The van der Waals surface area contributed by atoms with E-state index in [9.17, 15) is 0 Å². The van der Waals surface area contributed by atoms with Crippen molar-refractivity contribution in [1.29, 1.82) is 0 Å². The summed E-state index contributed by atoms with van der Waals surface area (Å²) in [6.45, 7) is 4.19. The first-order valence-corrected chi connectivity index (χ1v) is 6.17. The molecule has 0 aliphatic rings. The van der Waals surface area contributed by atoms with Crippen LogP contribution in [0.5, 0.6) is 0 Å². The number of nitrogens with zero attached hydrogens (tertiary/aromatic N) is 1. The van der Waals surface area contributed by atoms with Crippen molar-refractivity contribution in [2.24, 2.45) is 0 Å². The third kappa shape index (κ3) is 1.88. The molecule has 0 aliphatic heterocycles. The second-order valence-electron chi connectivity index (χ2n) is 4.68. The second-order valence-corrected chi connectivity index (χ2v) is 4.68. The molecule has 0 saturated carbocycles. The third-order valence-electron chi connectivity index (χ3n) is 3.24. The van der Waals surface area contributed by atoms with Crippen molar-refractivity contribution in [3.63, 3.8) is 0 Å². The quantitative estimate of drug-likeness (QED) is 0.602. The van der Waals surface area contributed by atoms with Gasteiger partial charge in [-0.3, -0.25) is 4.98 Å². The zero-order valence-electron chi connectivity index (χ0n) is 10.6. The summed E-state index contributed by atoms with van der Waals surface area (Å²) in [6.07, 6.45) is 0. The van der Waals surface area contributed by atoms with E-state index in [1.807, 2.05) is 6.07 Å². The Kier molecular flexibility index (Phi) is 2.60. The molecule has 1 aromatic heterocycles. The summed E-state index contributed by atoms with van der Waals surface area (Å²) in [5.41, 5.74) is 5.88. The smallest absolute Gasteiger partial charge is 0.0705 e. The molecule has 0 fully saturated rings. The van der Waals surface area contributed by atoms with E-state index >= 15 is 0 Å². The lowest BCUT2D eigenvalue weighted by Crippen LogP contribution is -1.89. The van der Waals surface area contributed by atoms with Crippen LogP contribution in [0.2, 0.25) is 0 Å². The van der Waals surface area contributed by atoms with E-state index < -0.39 is 0 Å². The van der Waals surface area contributed by atoms with Crippen LogP contribution in [-0.4, -0.2) is 4.98 Å². The highest BCUT2D eigenvalue weighted by Crippen LogP contribution is 2.26. The van der Waals surface area contributed by atoms with Crippen LogP contribution in [0.15, 0.2) is 54.6 Å². The van der Waals surface area contributed by atoms with Crippen LogP contribution in [0.4, 0.5) is 0 Å². The molecule has 0 amide bonds. The maximum Gasteiger partial charge on any atom is 0.0705 e. The number of benzene rings is 2. The topological polar surface area (TPSA) is 12.9 Å². The molecule has 2 aromatic carbocycles. The molecule has 0 atom stereocenters. The molecule has 88 valence electrons. The number of hydrogen-bond donors (Lipinski definition) is 0. The molecule has 3 aromatic rings. The summed E-state index contributed by atoms with van der Waals surface area (Å²) >= 11 is 0. The van der Waals surface area contributed by atoms with Crippen LogP contribution in [0.3, 0.4) is 0 Å². The third-order valence-corrected chi connectivity index (χ3v) is 3.24. The zero-order valence-corrected chi connectivity index (χ0v) is 10.6. The van der Waals surface area contributed by atoms with Crippen LogP contribution < -0.4 is 0 Å². The minimum Gasteiger partial charge on any atom is -0.252 e. The van der Waals surface area contributed by atoms with Crippen molar-refractivity contribution in [3.05, 3.63) is 65.9 Å². The zero-order chi connectivity index (χ0) is 12.5. The van der Waals surface area contributed by atoms with E-state index in [1.54, 1.807) is 0 Å². The van der Waals surface area contributed by atoms with E-state index in [0.717, 1.165) is 11.2 Å². The largest absolute Gasteiger partial charge is 0.252 e. The molecular formula is C17H15N. The van der Waals surface area contributed by atoms with Gasteiger partial charge in [0.25, 0.3) is 0 Å². The minimum absolute atomic E-state index is 1.06. The number of hydrogen-bond acceptors (Lipinski definition) is 1. The average molecular weight is 233 g/mol. The fourth-order valence-corrected chi connectivity index (χ4v) is 2.32. The Hall–Kier alpha value is -2.15. The predicted molar refractivity (Wildman–Crippen MR) is 76.7 cm³/mol. The highest BCUT2D eigenvalue weighted by Gasteiger charge is 2.05. The highest BCUT2D eigenvalue weighted by molar-refractivity contribution is 5.84. The summed E-state index contributed by atoms with van der Waals surface area (Å²) in [4.78, 5) is 4.68. The molecule has 1 heteroatoms. The Labute approximate surface area is 107 Å². The fraction of sp³-hybridized carbons (Fsp3) is 0.118. The van der Waals surface area contributed by atoms with Crippen LogP contribution in [0, 0.1) is 13.8 Å². The Balaban J connectivity index is 2.26. The number of fused-ring (bicyclic) bond motifs is 1. The molecule has 0 unspecified atom stereocenters. The van der Waals surface area contributed by atoms with Crippen molar-refractivity contribution < 1.29 is 0 Å². The SMILES string of the molecule is Cc1cccc(-c2cc3ccccc3nc2C)c1. The summed E-state index contributed by atoms with van der Waals surface area (Å²) in [6, 6.07) is 19.0. The number of para-hydroxylation sites is 1. The molecule has 0 bridgehead atoms. The van der Waals surface area contributed by atoms with Crippen molar-refractivity contribution in [2.45, 2.75) is 13.8 Å². The molecule has 0 radical (unpaired) electrons. The van der Waals surface area contributed by atoms with Gasteiger partial charge in [0.05, 0.1) is 5.52 Å². The van der Waals surface area contributed by atoms with Gasteiger partial charge in [0.2, 0.25) is 0 Å². The van der Waals surface area contributed by atoms with Gasteiger partial charge in [0, 0.05) is 16.6 Å². The lowest BCUT2D eigenvalue weighted by atomic mass is 10.0. The number of aromatic nitrogens is 1. The van der Waals surface area contributed by atoms with Gasteiger partial charge in [0.15, 0.2) is 0 Å². The number of aryl methyl sites for hydroxylation is 2. The summed E-state index contributed by atoms with van der Waals surface area (Å²) in [7, 11) is 0. The number of rotatable bonds is 1. The van der Waals surface area contributed by atoms with Crippen LogP contribution >= 0.6 is 0 Å². The van der Waals surface area contributed by atoms with Crippen molar-refractivity contribution in [1.82, 2.24) is 4.98 Å². The molecule has 0 aliphatic carbocycles. The minimum atomic E-state index is 1.06. The van der Waals surface area contributed by atoms with Gasteiger partial charge in [-0.15, -0.1) is 0 Å². The van der Waals surface area contributed by atoms with E-state index in [0.29, 0.717) is 0 Å². The molecule has 3 rings (SSSR count). The predicted octanol–water partition coefficient (Wildman–Crippen LogP) is 4.52. The van der Waals surface area contributed by atoms with Gasteiger partial charge in [-0.2, -0.15) is 0 Å². The molecule has 0 spiro atoms. The molecular weight excluding hydrogens is 218 g/mol. The normalized spacial score (nSPS) is 10.8.